The van der Waals surface area contributed by atoms with Gasteiger partial charge in [0.15, 0.2) is 0 Å². The normalized spacial score (nSPS) is 15.9. The van der Waals surface area contributed by atoms with Crippen LogP contribution in [0.3, 0.4) is 0 Å². The molecular formula is C11H26N2O. The summed E-state index contributed by atoms with van der Waals surface area (Å²) in [6.45, 7) is 5.81. The van der Waals surface area contributed by atoms with E-state index in [1.165, 1.54) is 19.3 Å². The summed E-state index contributed by atoms with van der Waals surface area (Å²) in [5.74, 6) is 0. The maximum absolute atomic E-state index is 9.59. The molecular weight excluding hydrogens is 176 g/mol. The summed E-state index contributed by atoms with van der Waals surface area (Å²) in [6, 6.07) is 0.520. The minimum atomic E-state index is -0.255. The smallest absolute Gasteiger partial charge is 0.0791 e. The van der Waals surface area contributed by atoms with Crippen molar-refractivity contribution in [2.24, 2.45) is 0 Å². The van der Waals surface area contributed by atoms with Crippen molar-refractivity contribution in [1.82, 2.24) is 10.2 Å². The third-order valence-electron chi connectivity index (χ3n) is 2.27. The van der Waals surface area contributed by atoms with Crippen molar-refractivity contribution in [1.29, 1.82) is 0 Å². The zero-order valence-corrected chi connectivity index (χ0v) is 10.1. The first kappa shape index (κ1) is 13.9. The summed E-state index contributed by atoms with van der Waals surface area (Å²) in [7, 11) is 3.95. The fourth-order valence-corrected chi connectivity index (χ4v) is 1.44. The largest absolute Gasteiger partial charge is 0.390 e. The fourth-order valence-electron chi connectivity index (χ4n) is 1.44. The molecule has 2 unspecified atom stereocenters. The van der Waals surface area contributed by atoms with Gasteiger partial charge in [-0.3, -0.25) is 0 Å². The van der Waals surface area contributed by atoms with Gasteiger partial charge in [0.25, 0.3) is 0 Å². The number of nitrogens with one attached hydrogen (secondary N) is 1. The van der Waals surface area contributed by atoms with Crippen LogP contribution in [0.1, 0.15) is 33.1 Å². The number of hydrogen-bond acceptors (Lipinski definition) is 3. The zero-order chi connectivity index (χ0) is 11.0. The first-order chi connectivity index (χ1) is 6.56. The Morgan fingerprint density at radius 2 is 2.00 bits per heavy atom. The summed E-state index contributed by atoms with van der Waals surface area (Å²) in [6.07, 6.45) is 3.45. The van der Waals surface area contributed by atoms with Gasteiger partial charge in [-0.15, -0.1) is 0 Å². The van der Waals surface area contributed by atoms with E-state index >= 15 is 0 Å². The molecule has 0 rings (SSSR count). The summed E-state index contributed by atoms with van der Waals surface area (Å²) in [5.41, 5.74) is 0. The van der Waals surface area contributed by atoms with Gasteiger partial charge in [0, 0.05) is 19.1 Å². The fraction of sp³-hybridized carbons (Fsp3) is 1.00. The van der Waals surface area contributed by atoms with Gasteiger partial charge < -0.3 is 15.3 Å². The van der Waals surface area contributed by atoms with Crippen LogP contribution in [0.4, 0.5) is 0 Å². The molecule has 0 radical (unpaired) electrons. The number of aliphatic hydroxyl groups is 1. The first-order valence-corrected chi connectivity index (χ1v) is 5.62. The third kappa shape index (κ3) is 8.48. The molecule has 3 nitrogen and oxygen atoms in total. The SMILES string of the molecule is CCCCC(C)NCC(O)CN(C)C. The van der Waals surface area contributed by atoms with E-state index < -0.39 is 0 Å². The van der Waals surface area contributed by atoms with E-state index in [4.69, 9.17) is 0 Å². The van der Waals surface area contributed by atoms with Gasteiger partial charge in [-0.2, -0.15) is 0 Å². The van der Waals surface area contributed by atoms with Gasteiger partial charge in [-0.1, -0.05) is 19.8 Å². The molecule has 0 aromatic rings. The predicted octanol–water partition coefficient (Wildman–Crippen LogP) is 1.08. The lowest BCUT2D eigenvalue weighted by molar-refractivity contribution is 0.131. The molecule has 0 aliphatic carbocycles. The highest BCUT2D eigenvalue weighted by Gasteiger charge is 2.07. The molecule has 2 N–H and O–H groups in total. The molecule has 0 aromatic carbocycles. The monoisotopic (exact) mass is 202 g/mol. The van der Waals surface area contributed by atoms with Crippen molar-refractivity contribution in [2.45, 2.75) is 45.3 Å². The second-order valence-electron chi connectivity index (χ2n) is 4.37. The molecule has 0 aromatic heterocycles. The Bertz CT molecular complexity index is 128. The molecule has 0 amide bonds. The molecule has 2 atom stereocenters. The quantitative estimate of drug-likeness (QED) is 0.618. The van der Waals surface area contributed by atoms with E-state index in [2.05, 4.69) is 19.2 Å². The van der Waals surface area contributed by atoms with E-state index in [-0.39, 0.29) is 6.10 Å². The van der Waals surface area contributed by atoms with Gasteiger partial charge in [-0.05, 0) is 27.4 Å². The van der Waals surface area contributed by atoms with Gasteiger partial charge in [-0.25, -0.2) is 0 Å². The minimum absolute atomic E-state index is 0.255. The van der Waals surface area contributed by atoms with E-state index in [1.807, 2.05) is 19.0 Å². The number of rotatable bonds is 8. The maximum Gasteiger partial charge on any atom is 0.0791 e. The molecule has 0 aliphatic heterocycles. The molecule has 0 spiro atoms. The standard InChI is InChI=1S/C11H26N2O/c1-5-6-7-10(2)12-8-11(14)9-13(3)4/h10-12,14H,5-9H2,1-4H3. The Labute approximate surface area is 88.5 Å². The van der Waals surface area contributed by atoms with Crippen LogP contribution in [0.2, 0.25) is 0 Å². The predicted molar refractivity (Wildman–Crippen MR) is 61.6 cm³/mol. The molecule has 0 heterocycles. The lowest BCUT2D eigenvalue weighted by atomic mass is 10.1. The van der Waals surface area contributed by atoms with E-state index in [1.54, 1.807) is 0 Å². The highest BCUT2D eigenvalue weighted by atomic mass is 16.3. The van der Waals surface area contributed by atoms with Crippen molar-refractivity contribution in [3.05, 3.63) is 0 Å². The summed E-state index contributed by atoms with van der Waals surface area (Å²) < 4.78 is 0. The second kappa shape index (κ2) is 8.21. The van der Waals surface area contributed by atoms with Crippen molar-refractivity contribution in [3.8, 4) is 0 Å². The van der Waals surface area contributed by atoms with Crippen LogP contribution in [-0.2, 0) is 0 Å². The van der Waals surface area contributed by atoms with Crippen molar-refractivity contribution >= 4 is 0 Å². The van der Waals surface area contributed by atoms with E-state index in [9.17, 15) is 5.11 Å². The Morgan fingerprint density at radius 1 is 1.36 bits per heavy atom. The van der Waals surface area contributed by atoms with Crippen LogP contribution < -0.4 is 5.32 Å². The van der Waals surface area contributed by atoms with Crippen LogP contribution in [0, 0.1) is 0 Å². The highest BCUT2D eigenvalue weighted by molar-refractivity contribution is 4.66. The van der Waals surface area contributed by atoms with Gasteiger partial charge >= 0.3 is 0 Å². The molecule has 0 bridgehead atoms. The van der Waals surface area contributed by atoms with E-state index in [0.717, 1.165) is 6.54 Å². The number of unbranched alkanes of at least 4 members (excludes halogenated alkanes) is 1. The summed E-state index contributed by atoms with van der Waals surface area (Å²) in [4.78, 5) is 2.00. The molecule has 0 saturated heterocycles. The Balaban J connectivity index is 3.40. The van der Waals surface area contributed by atoms with Crippen LogP contribution in [0.25, 0.3) is 0 Å². The van der Waals surface area contributed by atoms with Crippen LogP contribution in [0.15, 0.2) is 0 Å². The Hall–Kier alpha value is -0.120. The number of aliphatic hydroxyl groups excluding tert-OH is 1. The Morgan fingerprint density at radius 3 is 2.50 bits per heavy atom. The van der Waals surface area contributed by atoms with Gasteiger partial charge in [0.2, 0.25) is 0 Å². The van der Waals surface area contributed by atoms with Crippen molar-refractivity contribution in [3.63, 3.8) is 0 Å². The second-order valence-corrected chi connectivity index (χ2v) is 4.37. The van der Waals surface area contributed by atoms with Gasteiger partial charge in [0.1, 0.15) is 0 Å². The Kier molecular flexibility index (Phi) is 8.14. The number of likely N-dealkylation sites (N-methyl/N-ethyl adjacent to an activating group) is 1. The van der Waals surface area contributed by atoms with Crippen LogP contribution in [-0.4, -0.2) is 49.3 Å². The highest BCUT2D eigenvalue weighted by Crippen LogP contribution is 1.99. The topological polar surface area (TPSA) is 35.5 Å². The molecule has 0 fully saturated rings. The zero-order valence-electron chi connectivity index (χ0n) is 10.1. The number of nitrogens with zero attached hydrogens (tertiary/aromatic N) is 1. The molecule has 14 heavy (non-hydrogen) atoms. The first-order valence-electron chi connectivity index (χ1n) is 5.62. The summed E-state index contributed by atoms with van der Waals surface area (Å²) in [5, 5.41) is 12.9. The van der Waals surface area contributed by atoms with Crippen LogP contribution >= 0.6 is 0 Å². The lowest BCUT2D eigenvalue weighted by Gasteiger charge is -2.19. The molecule has 0 saturated carbocycles. The third-order valence-corrected chi connectivity index (χ3v) is 2.27. The van der Waals surface area contributed by atoms with Gasteiger partial charge in [0.05, 0.1) is 6.10 Å². The van der Waals surface area contributed by atoms with Crippen LogP contribution in [0.5, 0.6) is 0 Å². The molecule has 0 aliphatic rings. The average Bonchev–Trinajstić information content (AvgIpc) is 2.10. The number of hydrogen-bond donors (Lipinski definition) is 2. The average molecular weight is 202 g/mol. The summed E-state index contributed by atoms with van der Waals surface area (Å²) >= 11 is 0. The lowest BCUT2D eigenvalue weighted by Crippen LogP contribution is -2.38. The van der Waals surface area contributed by atoms with Crippen molar-refractivity contribution < 1.29 is 5.11 Å². The van der Waals surface area contributed by atoms with E-state index in [0.29, 0.717) is 12.6 Å². The van der Waals surface area contributed by atoms with Crippen molar-refractivity contribution in [2.75, 3.05) is 27.2 Å². The molecule has 86 valence electrons. The molecule has 3 heteroatoms. The minimum Gasteiger partial charge on any atom is -0.390 e. The maximum atomic E-state index is 9.59.